The summed E-state index contributed by atoms with van der Waals surface area (Å²) in [6.45, 7) is 2.96. The molecule has 3 rings (SSSR count). The molecule has 0 aliphatic carbocycles. The predicted molar refractivity (Wildman–Crippen MR) is 91.8 cm³/mol. The minimum absolute atomic E-state index is 0. The quantitative estimate of drug-likeness (QED) is 0.896. The highest BCUT2D eigenvalue weighted by molar-refractivity contribution is 7.12. The van der Waals surface area contributed by atoms with Crippen LogP contribution in [0.5, 0.6) is 0 Å². The first kappa shape index (κ1) is 16.5. The molecule has 2 aromatic rings. The summed E-state index contributed by atoms with van der Waals surface area (Å²) in [5.41, 5.74) is 0. The third kappa shape index (κ3) is 4.07. The van der Waals surface area contributed by atoms with Crippen molar-refractivity contribution < 1.29 is 4.79 Å². The normalized spacial score (nSPS) is 16.4. The van der Waals surface area contributed by atoms with Gasteiger partial charge in [-0.1, -0.05) is 12.1 Å². The van der Waals surface area contributed by atoms with E-state index < -0.39 is 0 Å². The van der Waals surface area contributed by atoms with E-state index in [1.807, 2.05) is 17.5 Å². The van der Waals surface area contributed by atoms with Crippen molar-refractivity contribution in [3.05, 3.63) is 44.8 Å². The standard InChI is InChI=1S/C15H18N2OS2.ClH/c18-15(14-6-4-10-20-14)16-11-12(13-5-3-9-19-13)17-7-1-2-8-17;/h3-6,9-10,12H,1-2,7-8,11H2,(H,16,18);1H. The van der Waals surface area contributed by atoms with Gasteiger partial charge in [-0.3, -0.25) is 9.69 Å². The summed E-state index contributed by atoms with van der Waals surface area (Å²) >= 11 is 3.27. The zero-order valence-electron chi connectivity index (χ0n) is 11.7. The van der Waals surface area contributed by atoms with Crippen LogP contribution < -0.4 is 5.32 Å². The summed E-state index contributed by atoms with van der Waals surface area (Å²) in [6.07, 6.45) is 2.53. The Balaban J connectivity index is 0.00000161. The summed E-state index contributed by atoms with van der Waals surface area (Å²) < 4.78 is 0. The predicted octanol–water partition coefficient (Wildman–Crippen LogP) is 3.80. The molecule has 2 aromatic heterocycles. The fraction of sp³-hybridized carbons (Fsp3) is 0.400. The number of thiophene rings is 2. The number of halogens is 1. The van der Waals surface area contributed by atoms with Crippen LogP contribution in [0.1, 0.15) is 33.4 Å². The molecule has 6 heteroatoms. The molecular formula is C15H19ClN2OS2. The Labute approximate surface area is 139 Å². The molecule has 0 saturated carbocycles. The van der Waals surface area contributed by atoms with Gasteiger partial charge in [0.15, 0.2) is 0 Å². The first-order valence-corrected chi connectivity index (χ1v) is 8.69. The maximum Gasteiger partial charge on any atom is 0.261 e. The Morgan fingerprint density at radius 1 is 1.19 bits per heavy atom. The van der Waals surface area contributed by atoms with E-state index in [-0.39, 0.29) is 18.3 Å². The SMILES string of the molecule is Cl.O=C(NCC(c1cccs1)N1CCCC1)c1cccs1. The number of amides is 1. The summed E-state index contributed by atoms with van der Waals surface area (Å²) in [5.74, 6) is 0.0424. The first-order chi connectivity index (χ1) is 9.84. The van der Waals surface area contributed by atoms with Crippen molar-refractivity contribution in [3.8, 4) is 0 Å². The van der Waals surface area contributed by atoms with E-state index in [0.29, 0.717) is 12.6 Å². The third-order valence-electron chi connectivity index (χ3n) is 3.65. The van der Waals surface area contributed by atoms with Gasteiger partial charge in [-0.05, 0) is 48.8 Å². The van der Waals surface area contributed by atoms with Crippen molar-refractivity contribution in [2.75, 3.05) is 19.6 Å². The Morgan fingerprint density at radius 2 is 1.90 bits per heavy atom. The second-order valence-corrected chi connectivity index (χ2v) is 6.89. The summed E-state index contributed by atoms with van der Waals surface area (Å²) in [7, 11) is 0. The topological polar surface area (TPSA) is 32.3 Å². The van der Waals surface area contributed by atoms with E-state index in [1.165, 1.54) is 29.1 Å². The molecule has 0 spiro atoms. The first-order valence-electron chi connectivity index (χ1n) is 6.94. The fourth-order valence-electron chi connectivity index (χ4n) is 2.63. The molecule has 0 aromatic carbocycles. The van der Waals surface area contributed by atoms with Crippen molar-refractivity contribution in [1.82, 2.24) is 10.2 Å². The number of carbonyl (C=O) groups excluding carboxylic acids is 1. The van der Waals surface area contributed by atoms with E-state index in [2.05, 4.69) is 27.7 Å². The highest BCUT2D eigenvalue weighted by atomic mass is 35.5. The van der Waals surface area contributed by atoms with Gasteiger partial charge in [0, 0.05) is 11.4 Å². The number of rotatable bonds is 5. The Morgan fingerprint density at radius 3 is 2.52 bits per heavy atom. The average molecular weight is 343 g/mol. The molecular weight excluding hydrogens is 324 g/mol. The number of nitrogens with zero attached hydrogens (tertiary/aromatic N) is 1. The number of likely N-dealkylation sites (tertiary alicyclic amines) is 1. The van der Waals surface area contributed by atoms with E-state index in [9.17, 15) is 4.79 Å². The molecule has 1 unspecified atom stereocenters. The molecule has 1 aliphatic heterocycles. The van der Waals surface area contributed by atoms with Gasteiger partial charge in [0.1, 0.15) is 0 Å². The number of nitrogens with one attached hydrogen (secondary N) is 1. The highest BCUT2D eigenvalue weighted by Gasteiger charge is 2.24. The van der Waals surface area contributed by atoms with Gasteiger partial charge >= 0.3 is 0 Å². The van der Waals surface area contributed by atoms with Gasteiger partial charge in [0.25, 0.3) is 5.91 Å². The Kier molecular flexibility index (Phi) is 6.23. The molecule has 0 bridgehead atoms. The maximum absolute atomic E-state index is 12.1. The molecule has 3 heterocycles. The molecule has 1 aliphatic rings. The van der Waals surface area contributed by atoms with Gasteiger partial charge in [0.05, 0.1) is 10.9 Å². The highest BCUT2D eigenvalue weighted by Crippen LogP contribution is 2.27. The van der Waals surface area contributed by atoms with Crippen molar-refractivity contribution in [2.45, 2.75) is 18.9 Å². The molecule has 114 valence electrons. The van der Waals surface area contributed by atoms with Gasteiger partial charge < -0.3 is 5.32 Å². The van der Waals surface area contributed by atoms with E-state index in [1.54, 1.807) is 11.3 Å². The Hall–Kier alpha value is -0.880. The average Bonchev–Trinajstić information content (AvgIpc) is 3.22. The number of hydrogen-bond acceptors (Lipinski definition) is 4. The minimum atomic E-state index is 0. The van der Waals surface area contributed by atoms with Crippen LogP contribution in [0.3, 0.4) is 0 Å². The largest absolute Gasteiger partial charge is 0.349 e. The molecule has 1 saturated heterocycles. The van der Waals surface area contributed by atoms with Crippen LogP contribution in [-0.2, 0) is 0 Å². The van der Waals surface area contributed by atoms with E-state index in [0.717, 1.165) is 18.0 Å². The molecule has 1 amide bonds. The number of hydrogen-bond donors (Lipinski definition) is 1. The fourth-order valence-corrected chi connectivity index (χ4v) is 4.13. The third-order valence-corrected chi connectivity index (χ3v) is 5.50. The summed E-state index contributed by atoms with van der Waals surface area (Å²) in [4.78, 5) is 16.7. The zero-order chi connectivity index (χ0) is 13.8. The van der Waals surface area contributed by atoms with Gasteiger partial charge in [0.2, 0.25) is 0 Å². The molecule has 0 radical (unpaired) electrons. The second kappa shape index (κ2) is 7.94. The molecule has 21 heavy (non-hydrogen) atoms. The smallest absolute Gasteiger partial charge is 0.261 e. The van der Waals surface area contributed by atoms with Crippen LogP contribution in [0.2, 0.25) is 0 Å². The van der Waals surface area contributed by atoms with Gasteiger partial charge in [-0.15, -0.1) is 35.1 Å². The number of carbonyl (C=O) groups is 1. The van der Waals surface area contributed by atoms with Crippen LogP contribution in [-0.4, -0.2) is 30.4 Å². The summed E-state index contributed by atoms with van der Waals surface area (Å²) in [5, 5.41) is 7.13. The van der Waals surface area contributed by atoms with Crippen molar-refractivity contribution >= 4 is 41.0 Å². The van der Waals surface area contributed by atoms with E-state index in [4.69, 9.17) is 0 Å². The molecule has 1 fully saturated rings. The van der Waals surface area contributed by atoms with Crippen LogP contribution in [0.4, 0.5) is 0 Å². The maximum atomic E-state index is 12.1. The lowest BCUT2D eigenvalue weighted by Crippen LogP contribution is -2.36. The van der Waals surface area contributed by atoms with Crippen molar-refractivity contribution in [2.24, 2.45) is 0 Å². The van der Waals surface area contributed by atoms with Crippen LogP contribution in [0, 0.1) is 0 Å². The lowest BCUT2D eigenvalue weighted by atomic mass is 10.2. The Bertz CT molecular complexity index is 536. The van der Waals surface area contributed by atoms with Crippen LogP contribution in [0.25, 0.3) is 0 Å². The molecule has 3 nitrogen and oxygen atoms in total. The summed E-state index contributed by atoms with van der Waals surface area (Å²) in [6, 6.07) is 8.36. The zero-order valence-corrected chi connectivity index (χ0v) is 14.1. The van der Waals surface area contributed by atoms with Crippen molar-refractivity contribution in [3.63, 3.8) is 0 Å². The monoisotopic (exact) mass is 342 g/mol. The van der Waals surface area contributed by atoms with Gasteiger partial charge in [-0.25, -0.2) is 0 Å². The molecule has 1 N–H and O–H groups in total. The second-order valence-electron chi connectivity index (χ2n) is 4.96. The minimum Gasteiger partial charge on any atom is -0.349 e. The van der Waals surface area contributed by atoms with Crippen molar-refractivity contribution in [1.29, 1.82) is 0 Å². The van der Waals surface area contributed by atoms with Crippen LogP contribution in [0.15, 0.2) is 35.0 Å². The lowest BCUT2D eigenvalue weighted by molar-refractivity contribution is 0.0942. The lowest BCUT2D eigenvalue weighted by Gasteiger charge is -2.26. The van der Waals surface area contributed by atoms with Gasteiger partial charge in [-0.2, -0.15) is 0 Å². The molecule has 1 atom stereocenters. The van der Waals surface area contributed by atoms with Crippen LogP contribution >= 0.6 is 35.1 Å². The van der Waals surface area contributed by atoms with E-state index >= 15 is 0 Å².